The van der Waals surface area contributed by atoms with Crippen molar-refractivity contribution in [3.63, 3.8) is 0 Å². The molecule has 0 heterocycles. The predicted octanol–water partition coefficient (Wildman–Crippen LogP) is 1.12. The minimum absolute atomic E-state index is 0.222. The van der Waals surface area contributed by atoms with E-state index in [4.69, 9.17) is 15.9 Å². The monoisotopic (exact) mass is 239 g/mol. The fraction of sp³-hybridized carbons (Fsp3) is 0.333. The summed E-state index contributed by atoms with van der Waals surface area (Å²) < 4.78 is 0. The van der Waals surface area contributed by atoms with Crippen molar-refractivity contribution in [2.75, 3.05) is 0 Å². The Morgan fingerprint density at radius 1 is 1.24 bits per heavy atom. The van der Waals surface area contributed by atoms with Crippen LogP contribution in [0.5, 0.6) is 0 Å². The molecule has 1 atom stereocenters. The summed E-state index contributed by atoms with van der Waals surface area (Å²) in [6.45, 7) is 1.60. The fourth-order valence-electron chi connectivity index (χ4n) is 0.955. The number of nitrogens with two attached hydrogens (primary N) is 1. The quantitative estimate of drug-likeness (QED) is 0.731. The Bertz CT molecular complexity index is 351. The molecule has 94 valence electrons. The van der Waals surface area contributed by atoms with Crippen LogP contribution in [-0.2, 0) is 16.0 Å². The van der Waals surface area contributed by atoms with Crippen LogP contribution in [0.3, 0.4) is 0 Å². The summed E-state index contributed by atoms with van der Waals surface area (Å²) in [5.41, 5.74) is 6.30. The number of benzene rings is 1. The van der Waals surface area contributed by atoms with Gasteiger partial charge in [0.15, 0.2) is 0 Å². The molecule has 4 N–H and O–H groups in total. The van der Waals surface area contributed by atoms with Crippen molar-refractivity contribution in [3.05, 3.63) is 35.9 Å². The molecule has 0 aromatic heterocycles. The second kappa shape index (κ2) is 8.29. The van der Waals surface area contributed by atoms with Gasteiger partial charge < -0.3 is 15.9 Å². The van der Waals surface area contributed by atoms with Crippen molar-refractivity contribution in [1.29, 1.82) is 0 Å². The maximum absolute atomic E-state index is 10.4. The Balaban J connectivity index is 0.000000437. The number of carbonyl (C=O) groups is 2. The Morgan fingerprint density at radius 2 is 1.71 bits per heavy atom. The van der Waals surface area contributed by atoms with Crippen molar-refractivity contribution >= 4 is 11.9 Å². The van der Waals surface area contributed by atoms with Crippen LogP contribution < -0.4 is 5.73 Å². The van der Waals surface area contributed by atoms with Crippen LogP contribution in [0.25, 0.3) is 0 Å². The highest BCUT2D eigenvalue weighted by molar-refractivity contribution is 5.73. The van der Waals surface area contributed by atoms with Crippen LogP contribution in [0.2, 0.25) is 0 Å². The van der Waals surface area contributed by atoms with Crippen LogP contribution in [0.4, 0.5) is 0 Å². The van der Waals surface area contributed by atoms with Crippen LogP contribution in [-0.4, -0.2) is 28.2 Å². The third kappa shape index (κ3) is 7.98. The molecule has 1 rings (SSSR count). The van der Waals surface area contributed by atoms with Crippen LogP contribution >= 0.6 is 0 Å². The highest BCUT2D eigenvalue weighted by Crippen LogP contribution is 2.01. The SMILES string of the molecule is CCC(=O)O.N[C@@H](Cc1ccccc1)C(=O)O. The maximum atomic E-state index is 10.4. The first-order chi connectivity index (χ1) is 7.97. The first kappa shape index (κ1) is 15.1. The summed E-state index contributed by atoms with van der Waals surface area (Å²) >= 11 is 0. The van der Waals surface area contributed by atoms with E-state index in [9.17, 15) is 9.59 Å². The molecule has 0 aliphatic rings. The van der Waals surface area contributed by atoms with E-state index >= 15 is 0 Å². The van der Waals surface area contributed by atoms with Crippen molar-refractivity contribution in [1.82, 2.24) is 0 Å². The maximum Gasteiger partial charge on any atom is 0.320 e. The van der Waals surface area contributed by atoms with Crippen molar-refractivity contribution < 1.29 is 19.8 Å². The van der Waals surface area contributed by atoms with Gasteiger partial charge in [-0.25, -0.2) is 0 Å². The second-order valence-corrected chi connectivity index (χ2v) is 3.38. The minimum Gasteiger partial charge on any atom is -0.481 e. The summed E-state index contributed by atoms with van der Waals surface area (Å²) in [5.74, 6) is -1.70. The number of hydrogen-bond acceptors (Lipinski definition) is 3. The van der Waals surface area contributed by atoms with Gasteiger partial charge in [0, 0.05) is 6.42 Å². The van der Waals surface area contributed by atoms with E-state index in [1.807, 2.05) is 30.3 Å². The number of rotatable bonds is 4. The molecular formula is C12H17NO4. The van der Waals surface area contributed by atoms with E-state index in [1.165, 1.54) is 0 Å². The van der Waals surface area contributed by atoms with Crippen molar-refractivity contribution in [2.45, 2.75) is 25.8 Å². The highest BCUT2D eigenvalue weighted by atomic mass is 16.4. The van der Waals surface area contributed by atoms with Gasteiger partial charge in [-0.2, -0.15) is 0 Å². The molecule has 0 spiro atoms. The second-order valence-electron chi connectivity index (χ2n) is 3.38. The number of carboxylic acids is 2. The molecule has 1 aromatic rings. The van der Waals surface area contributed by atoms with Crippen LogP contribution in [0, 0.1) is 0 Å². The molecule has 17 heavy (non-hydrogen) atoms. The van der Waals surface area contributed by atoms with Gasteiger partial charge in [-0.3, -0.25) is 9.59 Å². The van der Waals surface area contributed by atoms with Gasteiger partial charge in [0.25, 0.3) is 0 Å². The average molecular weight is 239 g/mol. The number of hydrogen-bond donors (Lipinski definition) is 3. The number of carboxylic acid groups (broad SMARTS) is 2. The molecule has 0 aliphatic heterocycles. The largest absolute Gasteiger partial charge is 0.481 e. The minimum atomic E-state index is -0.959. The van der Waals surface area contributed by atoms with E-state index in [0.717, 1.165) is 5.56 Å². The molecular weight excluding hydrogens is 222 g/mol. The van der Waals surface area contributed by atoms with Crippen molar-refractivity contribution in [2.24, 2.45) is 5.73 Å². The topological polar surface area (TPSA) is 101 Å². The molecule has 0 saturated heterocycles. The summed E-state index contributed by atoms with van der Waals surface area (Å²) in [6.07, 6.45) is 0.607. The fourth-order valence-corrected chi connectivity index (χ4v) is 0.955. The first-order valence-electron chi connectivity index (χ1n) is 5.21. The Hall–Kier alpha value is -1.88. The third-order valence-corrected chi connectivity index (χ3v) is 1.92. The normalized spacial score (nSPS) is 10.9. The van der Waals surface area contributed by atoms with Gasteiger partial charge in [-0.15, -0.1) is 0 Å². The van der Waals surface area contributed by atoms with Gasteiger partial charge in [0.2, 0.25) is 0 Å². The molecule has 5 nitrogen and oxygen atoms in total. The molecule has 0 amide bonds. The lowest BCUT2D eigenvalue weighted by atomic mass is 10.1. The molecule has 0 aliphatic carbocycles. The number of aliphatic carboxylic acids is 2. The zero-order chi connectivity index (χ0) is 13.3. The van der Waals surface area contributed by atoms with Crippen LogP contribution in [0.1, 0.15) is 18.9 Å². The van der Waals surface area contributed by atoms with Crippen LogP contribution in [0.15, 0.2) is 30.3 Å². The summed E-state index contributed by atoms with van der Waals surface area (Å²) in [7, 11) is 0. The molecule has 1 aromatic carbocycles. The lowest BCUT2D eigenvalue weighted by Gasteiger charge is -2.04. The zero-order valence-corrected chi connectivity index (χ0v) is 9.67. The van der Waals surface area contributed by atoms with Gasteiger partial charge in [-0.05, 0) is 12.0 Å². The van der Waals surface area contributed by atoms with Gasteiger partial charge in [0.1, 0.15) is 6.04 Å². The molecule has 0 radical (unpaired) electrons. The first-order valence-corrected chi connectivity index (χ1v) is 5.21. The molecule has 0 saturated carbocycles. The lowest BCUT2D eigenvalue weighted by molar-refractivity contribution is -0.138. The van der Waals surface area contributed by atoms with Gasteiger partial charge in [-0.1, -0.05) is 37.3 Å². The van der Waals surface area contributed by atoms with Gasteiger partial charge in [0.05, 0.1) is 0 Å². The van der Waals surface area contributed by atoms with Gasteiger partial charge >= 0.3 is 11.9 Å². The summed E-state index contributed by atoms with van der Waals surface area (Å²) in [6, 6.07) is 8.54. The molecule has 0 unspecified atom stereocenters. The van der Waals surface area contributed by atoms with E-state index in [2.05, 4.69) is 0 Å². The summed E-state index contributed by atoms with van der Waals surface area (Å²) in [4.78, 5) is 19.7. The Morgan fingerprint density at radius 3 is 2.06 bits per heavy atom. The smallest absolute Gasteiger partial charge is 0.320 e. The summed E-state index contributed by atoms with van der Waals surface area (Å²) in [5, 5.41) is 16.2. The third-order valence-electron chi connectivity index (χ3n) is 1.92. The molecule has 0 bridgehead atoms. The Kier molecular flexibility index (Phi) is 7.38. The van der Waals surface area contributed by atoms with E-state index < -0.39 is 18.0 Å². The predicted molar refractivity (Wildman–Crippen MR) is 63.7 cm³/mol. The lowest BCUT2D eigenvalue weighted by Crippen LogP contribution is -2.32. The molecule has 5 heteroatoms. The van der Waals surface area contributed by atoms with Crippen molar-refractivity contribution in [3.8, 4) is 0 Å². The highest BCUT2D eigenvalue weighted by Gasteiger charge is 2.10. The Labute approximate surface area is 99.9 Å². The standard InChI is InChI=1S/C9H11NO2.C3H6O2/c10-8(9(11)12)6-7-4-2-1-3-5-7;1-2-3(4)5/h1-5,8H,6,10H2,(H,11,12);2H2,1H3,(H,4,5)/t8-;/m0./s1. The van der Waals surface area contributed by atoms with E-state index in [0.29, 0.717) is 6.42 Å². The van der Waals surface area contributed by atoms with E-state index in [-0.39, 0.29) is 6.42 Å². The zero-order valence-electron chi connectivity index (χ0n) is 9.67. The molecule has 0 fully saturated rings. The average Bonchev–Trinajstić information content (AvgIpc) is 2.31. The van der Waals surface area contributed by atoms with E-state index in [1.54, 1.807) is 6.92 Å².